The van der Waals surface area contributed by atoms with Gasteiger partial charge in [0, 0.05) is 29.3 Å². The van der Waals surface area contributed by atoms with Crippen LogP contribution in [-0.4, -0.2) is 39.6 Å². The van der Waals surface area contributed by atoms with Crippen molar-refractivity contribution in [2.24, 2.45) is 0 Å². The molecule has 1 spiro atoms. The first-order valence-electron chi connectivity index (χ1n) is 8.56. The maximum Gasteiger partial charge on any atom is 0.118 e. The summed E-state index contributed by atoms with van der Waals surface area (Å²) < 4.78 is 12.2. The van der Waals surface area contributed by atoms with Gasteiger partial charge in [-0.05, 0) is 44.5 Å². The van der Waals surface area contributed by atoms with Crippen molar-refractivity contribution in [3.05, 3.63) is 53.2 Å². The zero-order valence-corrected chi connectivity index (χ0v) is 15.1. The number of nitrogens with zero attached hydrogens (tertiary/aromatic N) is 2. The quantitative estimate of drug-likeness (QED) is 0.829. The molecular formula is C19H24N2O2S. The predicted molar refractivity (Wildman–Crippen MR) is 96.1 cm³/mol. The SMILES string of the molecule is Cc1cccc(CO[C@H]2CSC3(C2)CN(Cc2ccc(C)o2)C3)n1. The Labute approximate surface area is 147 Å². The molecule has 0 unspecified atom stereocenters. The number of thioether (sulfide) groups is 1. The van der Waals surface area contributed by atoms with Crippen molar-refractivity contribution in [3.63, 3.8) is 0 Å². The van der Waals surface area contributed by atoms with Crippen LogP contribution in [0.1, 0.15) is 29.3 Å². The van der Waals surface area contributed by atoms with Gasteiger partial charge in [-0.15, -0.1) is 11.8 Å². The summed E-state index contributed by atoms with van der Waals surface area (Å²) in [6, 6.07) is 10.2. The first kappa shape index (κ1) is 16.2. The van der Waals surface area contributed by atoms with E-state index in [2.05, 4.69) is 27.7 Å². The Kier molecular flexibility index (Phi) is 4.41. The molecule has 0 aromatic carbocycles. The Balaban J connectivity index is 1.24. The monoisotopic (exact) mass is 344 g/mol. The molecule has 0 aliphatic carbocycles. The average molecular weight is 344 g/mol. The number of rotatable bonds is 5. The highest BCUT2D eigenvalue weighted by molar-refractivity contribution is 8.01. The fraction of sp³-hybridized carbons (Fsp3) is 0.526. The molecular weight excluding hydrogens is 320 g/mol. The maximum atomic E-state index is 6.11. The topological polar surface area (TPSA) is 38.5 Å². The smallest absolute Gasteiger partial charge is 0.118 e. The van der Waals surface area contributed by atoms with Gasteiger partial charge >= 0.3 is 0 Å². The molecule has 1 atom stereocenters. The van der Waals surface area contributed by atoms with Crippen molar-refractivity contribution in [2.45, 2.75) is 44.3 Å². The number of aryl methyl sites for hydroxylation is 2. The van der Waals surface area contributed by atoms with Crippen molar-refractivity contribution in [3.8, 4) is 0 Å². The van der Waals surface area contributed by atoms with Crippen molar-refractivity contribution in [2.75, 3.05) is 18.8 Å². The molecule has 4 rings (SSSR count). The van der Waals surface area contributed by atoms with E-state index in [1.54, 1.807) is 0 Å². The number of pyridine rings is 1. The van der Waals surface area contributed by atoms with Gasteiger partial charge in [-0.2, -0.15) is 0 Å². The van der Waals surface area contributed by atoms with Crippen molar-refractivity contribution in [1.29, 1.82) is 0 Å². The van der Waals surface area contributed by atoms with Crippen molar-refractivity contribution >= 4 is 11.8 Å². The Morgan fingerprint density at radius 2 is 2.17 bits per heavy atom. The Bertz CT molecular complexity index is 709. The van der Waals surface area contributed by atoms with Gasteiger partial charge in [0.1, 0.15) is 11.5 Å². The minimum absolute atomic E-state index is 0.352. The van der Waals surface area contributed by atoms with Crippen LogP contribution < -0.4 is 0 Å². The first-order chi connectivity index (χ1) is 11.6. The number of ether oxygens (including phenoxy) is 1. The Morgan fingerprint density at radius 3 is 2.92 bits per heavy atom. The second-order valence-electron chi connectivity index (χ2n) is 7.06. The molecule has 5 heteroatoms. The molecule has 2 fully saturated rings. The molecule has 0 amide bonds. The molecule has 24 heavy (non-hydrogen) atoms. The van der Waals surface area contributed by atoms with Crippen LogP contribution >= 0.6 is 11.8 Å². The number of furan rings is 1. The maximum absolute atomic E-state index is 6.11. The van der Waals surface area contributed by atoms with E-state index < -0.39 is 0 Å². The molecule has 2 aliphatic heterocycles. The van der Waals surface area contributed by atoms with Gasteiger partial charge in [0.15, 0.2) is 0 Å². The number of likely N-dealkylation sites (tertiary alicyclic amines) is 1. The van der Waals surface area contributed by atoms with E-state index in [1.165, 1.54) is 0 Å². The van der Waals surface area contributed by atoms with E-state index >= 15 is 0 Å². The fourth-order valence-corrected chi connectivity index (χ4v) is 5.29. The average Bonchev–Trinajstić information content (AvgIpc) is 3.12. The zero-order valence-electron chi connectivity index (χ0n) is 14.3. The van der Waals surface area contributed by atoms with Crippen LogP contribution in [0.5, 0.6) is 0 Å². The van der Waals surface area contributed by atoms with Gasteiger partial charge in [0.2, 0.25) is 0 Å². The summed E-state index contributed by atoms with van der Waals surface area (Å²) in [5.74, 6) is 3.16. The minimum atomic E-state index is 0.352. The third kappa shape index (κ3) is 3.53. The lowest BCUT2D eigenvalue weighted by molar-refractivity contribution is 0.0236. The first-order valence-corrected chi connectivity index (χ1v) is 9.55. The molecule has 0 bridgehead atoms. The molecule has 0 radical (unpaired) electrons. The van der Waals surface area contributed by atoms with Gasteiger partial charge < -0.3 is 9.15 Å². The number of hydrogen-bond acceptors (Lipinski definition) is 5. The van der Waals surface area contributed by atoms with Gasteiger partial charge in [0.05, 0.1) is 24.9 Å². The Morgan fingerprint density at radius 1 is 1.29 bits per heavy atom. The molecule has 0 N–H and O–H groups in total. The van der Waals surface area contributed by atoms with E-state index in [4.69, 9.17) is 9.15 Å². The zero-order chi connectivity index (χ0) is 16.6. The third-order valence-corrected chi connectivity index (χ3v) is 6.36. The normalized spacial score (nSPS) is 22.8. The highest BCUT2D eigenvalue weighted by Gasteiger charge is 2.49. The van der Waals surface area contributed by atoms with Crippen molar-refractivity contribution < 1.29 is 9.15 Å². The molecule has 2 aromatic rings. The summed E-state index contributed by atoms with van der Waals surface area (Å²) in [4.78, 5) is 6.98. The van der Waals surface area contributed by atoms with Crippen LogP contribution in [0, 0.1) is 13.8 Å². The third-order valence-electron chi connectivity index (χ3n) is 4.79. The van der Waals surface area contributed by atoms with Crippen LogP contribution in [0.15, 0.2) is 34.7 Å². The minimum Gasteiger partial charge on any atom is -0.465 e. The van der Waals surface area contributed by atoms with E-state index in [0.717, 1.165) is 54.7 Å². The Hall–Kier alpha value is -1.30. The highest BCUT2D eigenvalue weighted by atomic mass is 32.2. The van der Waals surface area contributed by atoms with Crippen molar-refractivity contribution in [1.82, 2.24) is 9.88 Å². The van der Waals surface area contributed by atoms with Gasteiger partial charge in [-0.25, -0.2) is 0 Å². The lowest BCUT2D eigenvalue weighted by Gasteiger charge is -2.47. The summed E-state index contributed by atoms with van der Waals surface area (Å²) in [6.45, 7) is 7.85. The van der Waals surface area contributed by atoms with Crippen LogP contribution in [0.3, 0.4) is 0 Å². The van der Waals surface area contributed by atoms with E-state index in [0.29, 0.717) is 17.5 Å². The molecule has 0 saturated carbocycles. The highest BCUT2D eigenvalue weighted by Crippen LogP contribution is 2.46. The standard InChI is InChI=1S/C19H24N2O2S/c1-14-4-3-5-16(20-14)10-22-18-8-19(24-11-18)12-21(13-19)9-17-7-6-15(2)23-17/h3-7,18H,8-13H2,1-2H3/t18-/m1/s1. The van der Waals surface area contributed by atoms with Gasteiger partial charge in [-0.3, -0.25) is 9.88 Å². The van der Waals surface area contributed by atoms with E-state index in [-0.39, 0.29) is 0 Å². The molecule has 2 aromatic heterocycles. The summed E-state index contributed by atoms with van der Waals surface area (Å²) in [5, 5.41) is 0. The van der Waals surface area contributed by atoms with E-state index in [9.17, 15) is 0 Å². The van der Waals surface area contributed by atoms with Crippen LogP contribution in [0.25, 0.3) is 0 Å². The molecule has 2 saturated heterocycles. The second-order valence-corrected chi connectivity index (χ2v) is 8.55. The largest absolute Gasteiger partial charge is 0.465 e. The van der Waals surface area contributed by atoms with Crippen LogP contribution in [0.2, 0.25) is 0 Å². The molecule has 128 valence electrons. The lowest BCUT2D eigenvalue weighted by Crippen LogP contribution is -2.58. The summed E-state index contributed by atoms with van der Waals surface area (Å²) in [5.41, 5.74) is 2.08. The van der Waals surface area contributed by atoms with Crippen LogP contribution in [0.4, 0.5) is 0 Å². The molecule has 4 heterocycles. The summed E-state index contributed by atoms with van der Waals surface area (Å²) in [7, 11) is 0. The second kappa shape index (κ2) is 6.54. The van der Waals surface area contributed by atoms with Gasteiger partial charge in [0.25, 0.3) is 0 Å². The number of hydrogen-bond donors (Lipinski definition) is 0. The molecule has 4 nitrogen and oxygen atoms in total. The summed E-state index contributed by atoms with van der Waals surface area (Å²) in [6.07, 6.45) is 1.50. The summed E-state index contributed by atoms with van der Waals surface area (Å²) >= 11 is 2.08. The predicted octanol–water partition coefficient (Wildman–Crippen LogP) is 3.57. The van der Waals surface area contributed by atoms with Crippen LogP contribution in [-0.2, 0) is 17.9 Å². The molecule has 2 aliphatic rings. The van der Waals surface area contributed by atoms with E-state index in [1.807, 2.05) is 38.1 Å². The van der Waals surface area contributed by atoms with Gasteiger partial charge in [-0.1, -0.05) is 6.07 Å². The fourth-order valence-electron chi connectivity index (χ4n) is 3.68. The number of aromatic nitrogens is 1. The lowest BCUT2D eigenvalue weighted by atomic mass is 9.93.